The summed E-state index contributed by atoms with van der Waals surface area (Å²) in [6.45, 7) is 0. The first kappa shape index (κ1) is 14.7. The molecule has 104 valence electrons. The zero-order chi connectivity index (χ0) is 14.7. The normalized spacial score (nSPS) is 10.2. The number of benzene rings is 1. The van der Waals surface area contributed by atoms with Crippen molar-refractivity contribution in [3.8, 4) is 5.75 Å². The molecular weight excluding hydrogens is 351 g/mol. The van der Waals surface area contributed by atoms with Crippen LogP contribution in [0.2, 0.25) is 5.15 Å². The standard InChI is InChI=1S/C13H9BrClFN2O2/c1-20-11-5-8(16)2-3-10(11)18-13(19)9-4-7(14)6-17-12(9)15/h2-6H,1H3,(H,18,19). The fraction of sp³-hybridized carbons (Fsp3) is 0.0769. The van der Waals surface area contributed by atoms with Crippen molar-refractivity contribution >= 4 is 39.1 Å². The smallest absolute Gasteiger partial charge is 0.258 e. The molecule has 0 fully saturated rings. The zero-order valence-electron chi connectivity index (χ0n) is 10.3. The van der Waals surface area contributed by atoms with Crippen LogP contribution in [0.15, 0.2) is 34.9 Å². The second-order valence-electron chi connectivity index (χ2n) is 3.79. The number of carbonyl (C=O) groups excluding carboxylic acids is 1. The van der Waals surface area contributed by atoms with E-state index in [1.54, 1.807) is 6.07 Å². The Morgan fingerprint density at radius 1 is 1.45 bits per heavy atom. The second kappa shape index (κ2) is 6.19. The van der Waals surface area contributed by atoms with E-state index in [-0.39, 0.29) is 16.5 Å². The summed E-state index contributed by atoms with van der Waals surface area (Å²) in [6, 6.07) is 5.35. The third-order valence-corrected chi connectivity index (χ3v) is 3.20. The maximum atomic E-state index is 13.1. The Morgan fingerprint density at radius 2 is 2.20 bits per heavy atom. The van der Waals surface area contributed by atoms with Gasteiger partial charge in [-0.25, -0.2) is 9.37 Å². The van der Waals surface area contributed by atoms with Gasteiger partial charge in [0.2, 0.25) is 0 Å². The number of amides is 1. The predicted octanol–water partition coefficient (Wildman–Crippen LogP) is 3.90. The van der Waals surface area contributed by atoms with E-state index in [1.165, 1.54) is 31.5 Å². The van der Waals surface area contributed by atoms with Gasteiger partial charge in [-0.1, -0.05) is 11.6 Å². The predicted molar refractivity (Wildman–Crippen MR) is 77.9 cm³/mol. The zero-order valence-corrected chi connectivity index (χ0v) is 12.6. The lowest BCUT2D eigenvalue weighted by Crippen LogP contribution is -2.14. The largest absolute Gasteiger partial charge is 0.494 e. The minimum absolute atomic E-state index is 0.0757. The second-order valence-corrected chi connectivity index (χ2v) is 5.06. The molecule has 0 aliphatic rings. The summed E-state index contributed by atoms with van der Waals surface area (Å²) in [4.78, 5) is 16.0. The van der Waals surface area contributed by atoms with Gasteiger partial charge in [-0.3, -0.25) is 4.79 Å². The molecule has 0 unspecified atom stereocenters. The van der Waals surface area contributed by atoms with Crippen molar-refractivity contribution in [1.29, 1.82) is 0 Å². The van der Waals surface area contributed by atoms with Crippen molar-refractivity contribution in [2.75, 3.05) is 12.4 Å². The van der Waals surface area contributed by atoms with Gasteiger partial charge in [0.05, 0.1) is 18.4 Å². The number of carbonyl (C=O) groups is 1. The summed E-state index contributed by atoms with van der Waals surface area (Å²) in [5, 5.41) is 2.67. The van der Waals surface area contributed by atoms with Gasteiger partial charge in [0.1, 0.15) is 16.7 Å². The molecular formula is C13H9BrClFN2O2. The number of hydrogen-bond donors (Lipinski definition) is 1. The Morgan fingerprint density at radius 3 is 2.90 bits per heavy atom. The summed E-state index contributed by atoms with van der Waals surface area (Å²) >= 11 is 9.08. The molecule has 0 radical (unpaired) electrons. The highest BCUT2D eigenvalue weighted by atomic mass is 79.9. The molecule has 2 rings (SSSR count). The van der Waals surface area contributed by atoms with E-state index in [4.69, 9.17) is 16.3 Å². The lowest BCUT2D eigenvalue weighted by Gasteiger charge is -2.10. The summed E-state index contributed by atoms with van der Waals surface area (Å²) in [6.07, 6.45) is 1.48. The van der Waals surface area contributed by atoms with Gasteiger partial charge in [0.15, 0.2) is 0 Å². The van der Waals surface area contributed by atoms with E-state index in [2.05, 4.69) is 26.2 Å². The fourth-order valence-corrected chi connectivity index (χ4v) is 2.06. The molecule has 0 atom stereocenters. The Balaban J connectivity index is 2.30. The average molecular weight is 360 g/mol. The van der Waals surface area contributed by atoms with Crippen LogP contribution in [0.3, 0.4) is 0 Å². The highest BCUT2D eigenvalue weighted by Crippen LogP contribution is 2.26. The van der Waals surface area contributed by atoms with Gasteiger partial charge in [0.25, 0.3) is 5.91 Å². The van der Waals surface area contributed by atoms with E-state index in [0.29, 0.717) is 10.2 Å². The van der Waals surface area contributed by atoms with Crippen LogP contribution in [-0.2, 0) is 0 Å². The van der Waals surface area contributed by atoms with Gasteiger partial charge in [-0.15, -0.1) is 0 Å². The number of hydrogen-bond acceptors (Lipinski definition) is 3. The van der Waals surface area contributed by atoms with Crippen molar-refractivity contribution in [3.63, 3.8) is 0 Å². The number of methoxy groups -OCH3 is 1. The molecule has 0 saturated heterocycles. The lowest BCUT2D eigenvalue weighted by atomic mass is 10.2. The van der Waals surface area contributed by atoms with Crippen molar-refractivity contribution in [3.05, 3.63) is 51.5 Å². The van der Waals surface area contributed by atoms with Crippen LogP contribution in [0.25, 0.3) is 0 Å². The molecule has 20 heavy (non-hydrogen) atoms. The molecule has 0 spiro atoms. The molecule has 1 aromatic carbocycles. The maximum Gasteiger partial charge on any atom is 0.258 e. The first-order valence-electron chi connectivity index (χ1n) is 5.47. The van der Waals surface area contributed by atoms with Crippen LogP contribution >= 0.6 is 27.5 Å². The van der Waals surface area contributed by atoms with Gasteiger partial charge >= 0.3 is 0 Å². The van der Waals surface area contributed by atoms with Gasteiger partial charge in [-0.2, -0.15) is 0 Å². The van der Waals surface area contributed by atoms with E-state index in [9.17, 15) is 9.18 Å². The van der Waals surface area contributed by atoms with Crippen molar-refractivity contribution < 1.29 is 13.9 Å². The number of pyridine rings is 1. The number of rotatable bonds is 3. The van der Waals surface area contributed by atoms with E-state index in [0.717, 1.165) is 0 Å². The first-order valence-corrected chi connectivity index (χ1v) is 6.64. The van der Waals surface area contributed by atoms with E-state index < -0.39 is 11.7 Å². The molecule has 1 aromatic heterocycles. The molecule has 0 aliphatic carbocycles. The Hall–Kier alpha value is -1.66. The van der Waals surface area contributed by atoms with Crippen molar-refractivity contribution in [1.82, 2.24) is 4.98 Å². The molecule has 0 aliphatic heterocycles. The van der Waals surface area contributed by atoms with Gasteiger partial charge in [-0.05, 0) is 34.1 Å². The molecule has 0 bridgehead atoms. The summed E-state index contributed by atoms with van der Waals surface area (Å²) in [5.41, 5.74) is 0.544. The number of aromatic nitrogens is 1. The molecule has 1 amide bonds. The third-order valence-electron chi connectivity index (χ3n) is 2.46. The van der Waals surface area contributed by atoms with Crippen molar-refractivity contribution in [2.45, 2.75) is 0 Å². The van der Waals surface area contributed by atoms with Crippen molar-refractivity contribution in [2.24, 2.45) is 0 Å². The fourth-order valence-electron chi connectivity index (χ4n) is 1.54. The lowest BCUT2D eigenvalue weighted by molar-refractivity contribution is 0.102. The summed E-state index contributed by atoms with van der Waals surface area (Å²) < 4.78 is 18.7. The number of nitrogens with one attached hydrogen (secondary N) is 1. The SMILES string of the molecule is COc1cc(F)ccc1NC(=O)c1cc(Br)cnc1Cl. The van der Waals surface area contributed by atoms with Crippen LogP contribution < -0.4 is 10.1 Å². The number of anilines is 1. The maximum absolute atomic E-state index is 13.1. The monoisotopic (exact) mass is 358 g/mol. The van der Waals surface area contributed by atoms with Crippen LogP contribution in [0.4, 0.5) is 10.1 Å². The number of nitrogens with zero attached hydrogens (tertiary/aromatic N) is 1. The molecule has 1 N–H and O–H groups in total. The summed E-state index contributed by atoms with van der Waals surface area (Å²) in [7, 11) is 1.39. The first-order chi connectivity index (χ1) is 9.51. The minimum Gasteiger partial charge on any atom is -0.494 e. The van der Waals surface area contributed by atoms with Crippen LogP contribution in [0.5, 0.6) is 5.75 Å². The topological polar surface area (TPSA) is 51.2 Å². The minimum atomic E-state index is -0.464. The highest BCUT2D eigenvalue weighted by Gasteiger charge is 2.14. The quantitative estimate of drug-likeness (QED) is 0.846. The van der Waals surface area contributed by atoms with E-state index in [1.807, 2.05) is 0 Å². The Labute approximate surface area is 128 Å². The third kappa shape index (κ3) is 3.26. The number of ether oxygens (including phenoxy) is 1. The van der Waals surface area contributed by atoms with Crippen LogP contribution in [0, 0.1) is 5.82 Å². The number of halogens is 3. The summed E-state index contributed by atoms with van der Waals surface area (Å²) in [5.74, 6) is -0.701. The highest BCUT2D eigenvalue weighted by molar-refractivity contribution is 9.10. The van der Waals surface area contributed by atoms with Gasteiger partial charge in [0, 0.05) is 16.7 Å². The Bertz CT molecular complexity index is 667. The van der Waals surface area contributed by atoms with Crippen LogP contribution in [0.1, 0.15) is 10.4 Å². The average Bonchev–Trinajstić information content (AvgIpc) is 2.43. The Kier molecular flexibility index (Phi) is 4.57. The molecule has 2 aromatic rings. The molecule has 4 nitrogen and oxygen atoms in total. The van der Waals surface area contributed by atoms with Gasteiger partial charge < -0.3 is 10.1 Å². The van der Waals surface area contributed by atoms with Crippen LogP contribution in [-0.4, -0.2) is 18.0 Å². The molecule has 0 saturated carbocycles. The van der Waals surface area contributed by atoms with E-state index >= 15 is 0 Å². The molecule has 1 heterocycles. The molecule has 7 heteroatoms.